The molecule has 2 aromatic rings. The first-order valence-electron chi connectivity index (χ1n) is 8.16. The highest BCUT2D eigenvalue weighted by atomic mass is 35.5. The number of carboxylic acids is 1. The number of aromatic nitrogens is 1. The van der Waals surface area contributed by atoms with Gasteiger partial charge in [-0.1, -0.05) is 29.8 Å². The highest BCUT2D eigenvalue weighted by Gasteiger charge is 2.42. The lowest BCUT2D eigenvalue weighted by Crippen LogP contribution is -2.48. The minimum atomic E-state index is -0.759. The normalized spacial score (nSPS) is 21.5. The second-order valence-corrected chi connectivity index (χ2v) is 7.00. The number of piperidine rings is 1. The van der Waals surface area contributed by atoms with Crippen molar-refractivity contribution in [1.29, 1.82) is 0 Å². The van der Waals surface area contributed by atoms with E-state index in [4.69, 9.17) is 11.6 Å². The number of benzene rings is 1. The molecular formula is C19H21ClN2O2. The Morgan fingerprint density at radius 1 is 1.29 bits per heavy atom. The van der Waals surface area contributed by atoms with E-state index in [2.05, 4.69) is 9.88 Å². The molecular weight excluding hydrogens is 324 g/mol. The van der Waals surface area contributed by atoms with Gasteiger partial charge in [-0.2, -0.15) is 0 Å². The van der Waals surface area contributed by atoms with E-state index in [0.717, 1.165) is 30.6 Å². The van der Waals surface area contributed by atoms with Gasteiger partial charge in [-0.05, 0) is 55.1 Å². The molecule has 1 aromatic carbocycles. The lowest BCUT2D eigenvalue weighted by molar-refractivity contribution is -0.152. The number of pyridine rings is 1. The fraction of sp³-hybridized carbons (Fsp3) is 0.368. The fourth-order valence-corrected chi connectivity index (χ4v) is 3.76. The number of hydrogen-bond donors (Lipinski definition) is 1. The average molecular weight is 345 g/mol. The number of rotatable bonds is 5. The second kappa shape index (κ2) is 7.32. The first-order chi connectivity index (χ1) is 11.6. The number of hydrogen-bond acceptors (Lipinski definition) is 3. The molecule has 2 heterocycles. The van der Waals surface area contributed by atoms with Gasteiger partial charge in [0.1, 0.15) is 0 Å². The van der Waals surface area contributed by atoms with Gasteiger partial charge in [-0.3, -0.25) is 14.7 Å². The molecule has 0 saturated carbocycles. The first-order valence-corrected chi connectivity index (χ1v) is 8.54. The van der Waals surface area contributed by atoms with Crippen LogP contribution in [0.2, 0.25) is 5.02 Å². The summed E-state index contributed by atoms with van der Waals surface area (Å²) in [6.07, 6.45) is 5.67. The second-order valence-electron chi connectivity index (χ2n) is 6.57. The SMILES string of the molecule is O=C(O)[C@]1(Cc2cccc(Cl)c2)CCCN(Cc2cccnc2)C1. The number of nitrogens with zero attached hydrogens (tertiary/aromatic N) is 2. The molecule has 1 fully saturated rings. The Kier molecular flexibility index (Phi) is 5.17. The van der Waals surface area contributed by atoms with Gasteiger partial charge in [0.25, 0.3) is 0 Å². The minimum Gasteiger partial charge on any atom is -0.481 e. The zero-order valence-corrected chi connectivity index (χ0v) is 14.2. The molecule has 0 spiro atoms. The number of halogens is 1. The molecule has 0 aliphatic carbocycles. The van der Waals surface area contributed by atoms with Crippen molar-refractivity contribution in [2.75, 3.05) is 13.1 Å². The standard InChI is InChI=1S/C19H21ClN2O2/c20-17-6-1-4-15(10-17)11-19(18(23)24)7-3-9-22(14-19)13-16-5-2-8-21-12-16/h1-2,4-6,8,10,12H,3,7,9,11,13-14H2,(H,23,24)/t19-/m0/s1. The molecule has 3 rings (SSSR count). The summed E-state index contributed by atoms with van der Waals surface area (Å²) >= 11 is 6.06. The molecule has 1 aromatic heterocycles. The molecule has 0 unspecified atom stereocenters. The smallest absolute Gasteiger partial charge is 0.311 e. The van der Waals surface area contributed by atoms with Crippen molar-refractivity contribution < 1.29 is 9.90 Å². The van der Waals surface area contributed by atoms with E-state index in [-0.39, 0.29) is 0 Å². The number of likely N-dealkylation sites (tertiary alicyclic amines) is 1. The van der Waals surface area contributed by atoms with Crippen molar-refractivity contribution in [2.45, 2.75) is 25.8 Å². The van der Waals surface area contributed by atoms with E-state index >= 15 is 0 Å². The van der Waals surface area contributed by atoms with Crippen LogP contribution in [0.25, 0.3) is 0 Å². The van der Waals surface area contributed by atoms with E-state index < -0.39 is 11.4 Å². The molecule has 1 N–H and O–H groups in total. The summed E-state index contributed by atoms with van der Waals surface area (Å²) in [4.78, 5) is 18.5. The number of aliphatic carboxylic acids is 1. The number of carboxylic acid groups (broad SMARTS) is 1. The summed E-state index contributed by atoms with van der Waals surface area (Å²) in [5, 5.41) is 10.6. The van der Waals surface area contributed by atoms with Crippen LogP contribution in [0, 0.1) is 5.41 Å². The fourth-order valence-electron chi connectivity index (χ4n) is 3.54. The van der Waals surface area contributed by atoms with Gasteiger partial charge < -0.3 is 5.11 Å². The Balaban J connectivity index is 1.77. The molecule has 1 saturated heterocycles. The summed E-state index contributed by atoms with van der Waals surface area (Å²) in [7, 11) is 0. The lowest BCUT2D eigenvalue weighted by Gasteiger charge is -2.40. The molecule has 24 heavy (non-hydrogen) atoms. The van der Waals surface area contributed by atoms with Gasteiger partial charge in [0, 0.05) is 30.5 Å². The third kappa shape index (κ3) is 3.94. The Hall–Kier alpha value is -1.91. The van der Waals surface area contributed by atoms with E-state index in [0.29, 0.717) is 24.4 Å². The van der Waals surface area contributed by atoms with Crippen molar-refractivity contribution >= 4 is 17.6 Å². The van der Waals surface area contributed by atoms with Crippen LogP contribution < -0.4 is 0 Å². The molecule has 0 radical (unpaired) electrons. The molecule has 0 bridgehead atoms. The maximum absolute atomic E-state index is 12.1. The predicted octanol–water partition coefficient (Wildman–Crippen LogP) is 3.64. The zero-order valence-electron chi connectivity index (χ0n) is 13.5. The van der Waals surface area contributed by atoms with E-state index in [1.165, 1.54) is 0 Å². The highest BCUT2D eigenvalue weighted by Crippen LogP contribution is 2.35. The Bertz CT molecular complexity index is 708. The average Bonchev–Trinajstić information content (AvgIpc) is 2.56. The van der Waals surface area contributed by atoms with Crippen LogP contribution in [0.5, 0.6) is 0 Å². The third-order valence-electron chi connectivity index (χ3n) is 4.67. The maximum Gasteiger partial charge on any atom is 0.311 e. The van der Waals surface area contributed by atoms with Gasteiger partial charge >= 0.3 is 5.97 Å². The van der Waals surface area contributed by atoms with Crippen molar-refractivity contribution in [2.24, 2.45) is 5.41 Å². The lowest BCUT2D eigenvalue weighted by atomic mass is 9.75. The zero-order chi connectivity index (χ0) is 17.0. The summed E-state index contributed by atoms with van der Waals surface area (Å²) < 4.78 is 0. The van der Waals surface area contributed by atoms with Crippen molar-refractivity contribution in [3.63, 3.8) is 0 Å². The summed E-state index contributed by atoms with van der Waals surface area (Å²) in [5.74, 6) is -0.724. The van der Waals surface area contributed by atoms with Gasteiger partial charge in [-0.15, -0.1) is 0 Å². The van der Waals surface area contributed by atoms with Crippen LogP contribution >= 0.6 is 11.6 Å². The predicted molar refractivity (Wildman–Crippen MR) is 94.0 cm³/mol. The van der Waals surface area contributed by atoms with Crippen molar-refractivity contribution in [3.05, 3.63) is 64.9 Å². The first kappa shape index (κ1) is 16.9. The Labute approximate surface area is 147 Å². The molecule has 1 aliphatic heterocycles. The third-order valence-corrected chi connectivity index (χ3v) is 4.91. The molecule has 4 nitrogen and oxygen atoms in total. The molecule has 1 aliphatic rings. The van der Waals surface area contributed by atoms with Gasteiger partial charge in [0.15, 0.2) is 0 Å². The summed E-state index contributed by atoms with van der Waals surface area (Å²) in [5.41, 5.74) is 1.33. The largest absolute Gasteiger partial charge is 0.481 e. The van der Waals surface area contributed by atoms with Gasteiger partial charge in [0.05, 0.1) is 5.41 Å². The van der Waals surface area contributed by atoms with Crippen molar-refractivity contribution in [3.8, 4) is 0 Å². The van der Waals surface area contributed by atoms with Gasteiger partial charge in [0.2, 0.25) is 0 Å². The molecule has 5 heteroatoms. The van der Waals surface area contributed by atoms with Crippen LogP contribution in [0.15, 0.2) is 48.8 Å². The topological polar surface area (TPSA) is 53.4 Å². The quantitative estimate of drug-likeness (QED) is 0.899. The van der Waals surface area contributed by atoms with E-state index in [1.807, 2.05) is 42.6 Å². The van der Waals surface area contributed by atoms with Crippen LogP contribution in [0.4, 0.5) is 0 Å². The Morgan fingerprint density at radius 2 is 2.12 bits per heavy atom. The monoisotopic (exact) mass is 344 g/mol. The molecule has 1 atom stereocenters. The maximum atomic E-state index is 12.1. The van der Waals surface area contributed by atoms with Crippen LogP contribution in [0.3, 0.4) is 0 Å². The van der Waals surface area contributed by atoms with Crippen LogP contribution in [-0.4, -0.2) is 34.0 Å². The minimum absolute atomic E-state index is 0.506. The number of carbonyl (C=O) groups is 1. The van der Waals surface area contributed by atoms with Gasteiger partial charge in [-0.25, -0.2) is 0 Å². The Morgan fingerprint density at radius 3 is 2.83 bits per heavy atom. The summed E-state index contributed by atoms with van der Waals surface area (Å²) in [6, 6.07) is 11.5. The highest BCUT2D eigenvalue weighted by molar-refractivity contribution is 6.30. The van der Waals surface area contributed by atoms with E-state index in [1.54, 1.807) is 6.20 Å². The molecule has 0 amide bonds. The summed E-state index contributed by atoms with van der Waals surface area (Å²) in [6.45, 7) is 2.20. The van der Waals surface area contributed by atoms with Crippen LogP contribution in [0.1, 0.15) is 24.0 Å². The molecule has 126 valence electrons. The van der Waals surface area contributed by atoms with Crippen molar-refractivity contribution in [1.82, 2.24) is 9.88 Å². The van der Waals surface area contributed by atoms with E-state index in [9.17, 15) is 9.90 Å². The van der Waals surface area contributed by atoms with Crippen LogP contribution in [-0.2, 0) is 17.8 Å².